The van der Waals surface area contributed by atoms with E-state index in [1.54, 1.807) is 0 Å². The number of aromatic nitrogens is 3. The first kappa shape index (κ1) is 15.5. The number of hydrogen-bond donors (Lipinski definition) is 4. The zero-order chi connectivity index (χ0) is 16.3. The van der Waals surface area contributed by atoms with Crippen LogP contribution in [0.1, 0.15) is 19.7 Å². The molecule has 0 amide bonds. The summed E-state index contributed by atoms with van der Waals surface area (Å²) in [5, 5.41) is 13.0. The third-order valence-electron chi connectivity index (χ3n) is 2.41. The van der Waals surface area contributed by atoms with E-state index in [1.165, 1.54) is 0 Å². The summed E-state index contributed by atoms with van der Waals surface area (Å²) in [6.07, 6.45) is 0. The molecule has 1 aromatic carbocycles. The van der Waals surface area contributed by atoms with Crippen molar-refractivity contribution in [2.75, 3.05) is 10.6 Å². The van der Waals surface area contributed by atoms with E-state index < -0.39 is 11.6 Å². The fourth-order valence-electron chi connectivity index (χ4n) is 1.63. The summed E-state index contributed by atoms with van der Waals surface area (Å²) < 4.78 is 26.4. The molecule has 2 aromatic rings. The van der Waals surface area contributed by atoms with Crippen LogP contribution >= 0.6 is 0 Å². The number of rotatable bonds is 5. The van der Waals surface area contributed by atoms with Crippen LogP contribution in [0, 0.1) is 17.0 Å². The third kappa shape index (κ3) is 4.08. The van der Waals surface area contributed by atoms with Crippen LogP contribution in [-0.4, -0.2) is 26.8 Å². The molecular weight excluding hydrogens is 292 g/mol. The lowest BCUT2D eigenvalue weighted by Crippen LogP contribution is -2.20. The zero-order valence-corrected chi connectivity index (χ0v) is 12.0. The first-order valence-corrected chi connectivity index (χ1v) is 6.43. The molecule has 7 nitrogen and oxygen atoms in total. The molecule has 0 unspecified atom stereocenters. The van der Waals surface area contributed by atoms with Crippen LogP contribution in [0.3, 0.4) is 0 Å². The first-order chi connectivity index (χ1) is 10.3. The van der Waals surface area contributed by atoms with Gasteiger partial charge in [0.25, 0.3) is 0 Å². The van der Waals surface area contributed by atoms with Crippen LogP contribution in [0.5, 0.6) is 0 Å². The van der Waals surface area contributed by atoms with Gasteiger partial charge >= 0.3 is 0 Å². The summed E-state index contributed by atoms with van der Waals surface area (Å²) >= 11 is 0. The van der Waals surface area contributed by atoms with Crippen molar-refractivity contribution in [3.8, 4) is 0 Å². The second-order valence-corrected chi connectivity index (χ2v) is 4.80. The summed E-state index contributed by atoms with van der Waals surface area (Å²) in [6.45, 7) is 3.76. The average molecular weight is 307 g/mol. The lowest BCUT2D eigenvalue weighted by molar-refractivity contribution is 0.584. The number of benzene rings is 1. The van der Waals surface area contributed by atoms with Crippen LogP contribution in [0.15, 0.2) is 18.2 Å². The second-order valence-electron chi connectivity index (χ2n) is 4.80. The Morgan fingerprint density at radius 3 is 2.23 bits per heavy atom. The predicted molar refractivity (Wildman–Crippen MR) is 79.2 cm³/mol. The Hall–Kier alpha value is -2.84. The summed E-state index contributed by atoms with van der Waals surface area (Å²) in [6, 6.07) is 2.98. The summed E-state index contributed by atoms with van der Waals surface area (Å²) in [4.78, 5) is 12.0. The van der Waals surface area contributed by atoms with Gasteiger partial charge in [-0.1, -0.05) is 0 Å². The van der Waals surface area contributed by atoms with E-state index in [1.807, 2.05) is 13.8 Å². The maximum atomic E-state index is 13.2. The molecule has 0 radical (unpaired) electrons. The highest BCUT2D eigenvalue weighted by Gasteiger charge is 2.10. The van der Waals surface area contributed by atoms with Crippen molar-refractivity contribution >= 4 is 23.4 Å². The number of nitrogens with zero attached hydrogens (tertiary/aromatic N) is 3. The van der Waals surface area contributed by atoms with E-state index in [0.717, 1.165) is 18.2 Å². The molecule has 0 fully saturated rings. The third-order valence-corrected chi connectivity index (χ3v) is 2.41. The minimum absolute atomic E-state index is 0.0216. The first-order valence-electron chi connectivity index (χ1n) is 6.43. The van der Waals surface area contributed by atoms with Crippen molar-refractivity contribution in [3.05, 3.63) is 35.7 Å². The number of nitrogens with one attached hydrogen (secondary N) is 3. The molecule has 2 rings (SSSR count). The Morgan fingerprint density at radius 2 is 1.68 bits per heavy atom. The Bertz CT molecular complexity index is 683. The van der Waals surface area contributed by atoms with Gasteiger partial charge in [-0.05, 0) is 26.0 Å². The lowest BCUT2D eigenvalue weighted by Gasteiger charge is -2.11. The molecule has 1 aromatic heterocycles. The SMILES string of the molecule is CC(C)Nc1nc(Nc2cc(F)cc(F)c2)nc(C(=N)N)n1. The van der Waals surface area contributed by atoms with Crippen molar-refractivity contribution in [3.63, 3.8) is 0 Å². The highest BCUT2D eigenvalue weighted by molar-refractivity contribution is 5.91. The smallest absolute Gasteiger partial charge is 0.232 e. The molecule has 0 saturated carbocycles. The fourth-order valence-corrected chi connectivity index (χ4v) is 1.63. The Labute approximate surface area is 125 Å². The highest BCUT2D eigenvalue weighted by atomic mass is 19.1. The predicted octanol–water partition coefficient (Wildman–Crippen LogP) is 2.00. The maximum absolute atomic E-state index is 13.2. The van der Waals surface area contributed by atoms with Crippen molar-refractivity contribution in [1.82, 2.24) is 15.0 Å². The van der Waals surface area contributed by atoms with E-state index in [0.29, 0.717) is 0 Å². The largest absolute Gasteiger partial charge is 0.381 e. The molecule has 0 bridgehead atoms. The van der Waals surface area contributed by atoms with E-state index in [2.05, 4.69) is 25.6 Å². The summed E-state index contributed by atoms with van der Waals surface area (Å²) in [5.41, 5.74) is 5.51. The van der Waals surface area contributed by atoms with Crippen LogP contribution in [0.4, 0.5) is 26.4 Å². The van der Waals surface area contributed by atoms with E-state index in [9.17, 15) is 8.78 Å². The molecule has 9 heteroatoms. The van der Waals surface area contributed by atoms with Gasteiger partial charge in [0, 0.05) is 17.8 Å². The number of hydrogen-bond acceptors (Lipinski definition) is 6. The number of halogens is 2. The van der Waals surface area contributed by atoms with Gasteiger partial charge in [0.1, 0.15) is 11.6 Å². The van der Waals surface area contributed by atoms with Gasteiger partial charge < -0.3 is 16.4 Å². The van der Waals surface area contributed by atoms with Crippen LogP contribution < -0.4 is 16.4 Å². The van der Waals surface area contributed by atoms with E-state index >= 15 is 0 Å². The Morgan fingerprint density at radius 1 is 1.09 bits per heavy atom. The second kappa shape index (κ2) is 6.29. The molecule has 22 heavy (non-hydrogen) atoms. The van der Waals surface area contributed by atoms with Crippen molar-refractivity contribution < 1.29 is 8.78 Å². The van der Waals surface area contributed by atoms with E-state index in [-0.39, 0.29) is 35.3 Å². The molecular formula is C13H15F2N7. The summed E-state index contributed by atoms with van der Waals surface area (Å²) in [5.74, 6) is -1.63. The molecule has 0 aliphatic carbocycles. The minimum Gasteiger partial charge on any atom is -0.381 e. The lowest BCUT2D eigenvalue weighted by atomic mass is 10.3. The van der Waals surface area contributed by atoms with Crippen molar-refractivity contribution in [2.45, 2.75) is 19.9 Å². The van der Waals surface area contributed by atoms with Gasteiger partial charge in [0.2, 0.25) is 17.7 Å². The molecule has 0 atom stereocenters. The zero-order valence-electron chi connectivity index (χ0n) is 12.0. The Balaban J connectivity index is 2.36. The van der Waals surface area contributed by atoms with E-state index in [4.69, 9.17) is 11.1 Å². The van der Waals surface area contributed by atoms with Gasteiger partial charge in [-0.15, -0.1) is 0 Å². The number of nitrogens with two attached hydrogens (primary N) is 1. The van der Waals surface area contributed by atoms with Gasteiger partial charge in [-0.2, -0.15) is 15.0 Å². The molecule has 5 N–H and O–H groups in total. The molecule has 0 spiro atoms. The van der Waals surface area contributed by atoms with Crippen LogP contribution in [0.25, 0.3) is 0 Å². The van der Waals surface area contributed by atoms with Crippen LogP contribution in [0.2, 0.25) is 0 Å². The fraction of sp³-hybridized carbons (Fsp3) is 0.231. The van der Waals surface area contributed by atoms with Gasteiger partial charge in [-0.25, -0.2) is 8.78 Å². The average Bonchev–Trinajstić information content (AvgIpc) is 2.35. The summed E-state index contributed by atoms with van der Waals surface area (Å²) in [7, 11) is 0. The van der Waals surface area contributed by atoms with Gasteiger partial charge in [-0.3, -0.25) is 5.41 Å². The van der Waals surface area contributed by atoms with Crippen molar-refractivity contribution in [2.24, 2.45) is 5.73 Å². The quantitative estimate of drug-likeness (QED) is 0.496. The maximum Gasteiger partial charge on any atom is 0.232 e. The standard InChI is InChI=1S/C13H15F2N7/c1-6(2)18-12-20-11(10(16)17)21-13(22-12)19-9-4-7(14)3-8(15)5-9/h3-6H,1-2H3,(H3,16,17)(H2,18,19,20,21,22). The monoisotopic (exact) mass is 307 g/mol. The van der Waals surface area contributed by atoms with Gasteiger partial charge in [0.05, 0.1) is 0 Å². The molecule has 0 saturated heterocycles. The highest BCUT2D eigenvalue weighted by Crippen LogP contribution is 2.17. The molecule has 116 valence electrons. The number of amidine groups is 1. The normalized spacial score (nSPS) is 10.6. The Kier molecular flexibility index (Phi) is 4.44. The topological polar surface area (TPSA) is 113 Å². The number of nitrogen functional groups attached to an aromatic ring is 1. The number of anilines is 3. The molecule has 1 heterocycles. The molecule has 0 aliphatic heterocycles. The minimum atomic E-state index is -0.733. The van der Waals surface area contributed by atoms with Gasteiger partial charge in [0.15, 0.2) is 5.84 Å². The van der Waals surface area contributed by atoms with Crippen molar-refractivity contribution in [1.29, 1.82) is 5.41 Å². The van der Waals surface area contributed by atoms with Crippen LogP contribution in [-0.2, 0) is 0 Å². The molecule has 0 aliphatic rings.